The number of thioether (sulfide) groups is 1. The summed E-state index contributed by atoms with van der Waals surface area (Å²) in [5.41, 5.74) is 2.41. The molecule has 6 nitrogen and oxygen atoms in total. The summed E-state index contributed by atoms with van der Waals surface area (Å²) in [7, 11) is 0. The lowest BCUT2D eigenvalue weighted by Crippen LogP contribution is -2.23. The van der Waals surface area contributed by atoms with E-state index in [0.29, 0.717) is 40.4 Å². The summed E-state index contributed by atoms with van der Waals surface area (Å²) in [6, 6.07) is 9.85. The number of Topliss-reactive ketones (excluding diaryl/α,β-unsaturated/α-hetero) is 1. The summed E-state index contributed by atoms with van der Waals surface area (Å²) in [6.45, 7) is 8.55. The number of aromatic nitrogens is 3. The predicted octanol–water partition coefficient (Wildman–Crippen LogP) is 5.10. The van der Waals surface area contributed by atoms with Crippen molar-refractivity contribution in [2.75, 3.05) is 5.75 Å². The van der Waals surface area contributed by atoms with Crippen molar-refractivity contribution in [3.63, 3.8) is 0 Å². The quantitative estimate of drug-likeness (QED) is 0.157. The highest BCUT2D eigenvalue weighted by molar-refractivity contribution is 7.99. The Balaban J connectivity index is 1.68. The summed E-state index contributed by atoms with van der Waals surface area (Å²) in [6.07, 6.45) is 3.86. The molecule has 3 heterocycles. The van der Waals surface area contributed by atoms with Crippen LogP contribution >= 0.6 is 23.1 Å². The number of rotatable bonds is 8. The van der Waals surface area contributed by atoms with E-state index in [0.717, 1.165) is 21.3 Å². The molecule has 0 N–H and O–H groups in total. The van der Waals surface area contributed by atoms with Gasteiger partial charge in [0.25, 0.3) is 5.56 Å². The third-order valence-corrected chi connectivity index (χ3v) is 7.53. The van der Waals surface area contributed by atoms with Crippen molar-refractivity contribution in [3.05, 3.63) is 69.5 Å². The fraction of sp³-hybridized carbons (Fsp3) is 0.250. The first-order chi connectivity index (χ1) is 15.5. The van der Waals surface area contributed by atoms with Crippen LogP contribution in [-0.4, -0.2) is 25.7 Å². The molecule has 0 bridgehead atoms. The van der Waals surface area contributed by atoms with Gasteiger partial charge in [-0.3, -0.25) is 14.2 Å². The highest BCUT2D eigenvalue weighted by atomic mass is 32.2. The van der Waals surface area contributed by atoms with E-state index < -0.39 is 0 Å². The number of allylic oxidation sites excluding steroid dienone is 1. The SMILES string of the molecule is C=CCn1c(SCC(=O)c2cn(CCC#N)c3ccccc23)nc2sc(C)c(C)c2c1=O. The summed E-state index contributed by atoms with van der Waals surface area (Å²) >= 11 is 2.77. The number of benzene rings is 1. The number of nitriles is 1. The van der Waals surface area contributed by atoms with Crippen molar-refractivity contribution < 1.29 is 4.79 Å². The van der Waals surface area contributed by atoms with Crippen molar-refractivity contribution in [3.8, 4) is 6.07 Å². The number of fused-ring (bicyclic) bond motifs is 2. The number of carbonyl (C=O) groups excluding carboxylic acids is 1. The zero-order valence-corrected chi connectivity index (χ0v) is 19.6. The van der Waals surface area contributed by atoms with E-state index in [1.165, 1.54) is 23.1 Å². The van der Waals surface area contributed by atoms with E-state index in [2.05, 4.69) is 12.6 Å². The van der Waals surface area contributed by atoms with Crippen molar-refractivity contribution in [2.24, 2.45) is 0 Å². The van der Waals surface area contributed by atoms with E-state index in [9.17, 15) is 9.59 Å². The standard InChI is InChI=1S/C24H22N4O2S2/c1-4-11-28-23(30)21-15(2)16(3)32-22(21)26-24(28)31-14-20(29)18-13-27(12-7-10-25)19-9-6-5-8-17(18)19/h4-6,8-9,13H,1,7,11-12,14H2,2-3H3. The number of hydrogen-bond acceptors (Lipinski definition) is 6. The van der Waals surface area contributed by atoms with Gasteiger partial charge in [-0.15, -0.1) is 17.9 Å². The number of para-hydroxylation sites is 1. The average Bonchev–Trinajstić information content (AvgIpc) is 3.30. The van der Waals surface area contributed by atoms with Crippen molar-refractivity contribution in [2.45, 2.75) is 38.5 Å². The lowest BCUT2D eigenvalue weighted by atomic mass is 10.1. The first kappa shape index (κ1) is 22.1. The molecule has 0 atom stereocenters. The van der Waals surface area contributed by atoms with E-state index in [-0.39, 0.29) is 17.1 Å². The van der Waals surface area contributed by atoms with Crippen LogP contribution in [0.4, 0.5) is 0 Å². The molecule has 0 unspecified atom stereocenters. The second-order valence-corrected chi connectivity index (χ2v) is 9.58. The largest absolute Gasteiger partial charge is 0.346 e. The number of nitrogens with zero attached hydrogens (tertiary/aromatic N) is 4. The van der Waals surface area contributed by atoms with Gasteiger partial charge in [0.1, 0.15) is 4.83 Å². The fourth-order valence-electron chi connectivity index (χ4n) is 3.74. The van der Waals surface area contributed by atoms with E-state index in [1.807, 2.05) is 48.9 Å². The normalized spacial score (nSPS) is 11.2. The molecule has 3 aromatic heterocycles. The van der Waals surface area contributed by atoms with Crippen molar-refractivity contribution in [1.82, 2.24) is 14.1 Å². The van der Waals surface area contributed by atoms with Crippen LogP contribution in [0.1, 0.15) is 27.2 Å². The van der Waals surface area contributed by atoms with Crippen molar-refractivity contribution in [1.29, 1.82) is 5.26 Å². The Morgan fingerprint density at radius 2 is 2.12 bits per heavy atom. The Morgan fingerprint density at radius 3 is 2.88 bits per heavy atom. The number of thiophene rings is 1. The van der Waals surface area contributed by atoms with Gasteiger partial charge < -0.3 is 4.57 Å². The molecule has 0 spiro atoms. The van der Waals surface area contributed by atoms with Gasteiger partial charge in [0.15, 0.2) is 10.9 Å². The first-order valence-corrected chi connectivity index (χ1v) is 12.0. The lowest BCUT2D eigenvalue weighted by molar-refractivity contribution is 0.102. The summed E-state index contributed by atoms with van der Waals surface area (Å²) in [5, 5.41) is 11.0. The Bertz CT molecular complexity index is 1450. The summed E-state index contributed by atoms with van der Waals surface area (Å²) < 4.78 is 3.54. The highest BCUT2D eigenvalue weighted by Crippen LogP contribution is 2.29. The smallest absolute Gasteiger partial charge is 0.263 e. The third-order valence-electron chi connectivity index (χ3n) is 5.45. The minimum Gasteiger partial charge on any atom is -0.346 e. The van der Waals surface area contributed by atoms with Gasteiger partial charge in [0, 0.05) is 40.6 Å². The lowest BCUT2D eigenvalue weighted by Gasteiger charge is -2.10. The molecule has 8 heteroatoms. The van der Waals surface area contributed by atoms with Crippen LogP contribution in [-0.2, 0) is 13.1 Å². The van der Waals surface area contributed by atoms with E-state index in [1.54, 1.807) is 10.6 Å². The Labute approximate surface area is 193 Å². The zero-order chi connectivity index (χ0) is 22.8. The molecule has 0 aliphatic carbocycles. The molecule has 0 saturated carbocycles. The maximum atomic E-state index is 13.2. The fourth-order valence-corrected chi connectivity index (χ4v) is 5.70. The van der Waals surface area contributed by atoms with E-state index in [4.69, 9.17) is 10.2 Å². The van der Waals surface area contributed by atoms with Gasteiger partial charge in [0.05, 0.1) is 23.6 Å². The molecule has 0 aliphatic rings. The highest BCUT2D eigenvalue weighted by Gasteiger charge is 2.19. The number of carbonyl (C=O) groups is 1. The molecule has 0 fully saturated rings. The second-order valence-electron chi connectivity index (χ2n) is 7.44. The number of aryl methyl sites for hydroxylation is 3. The van der Waals surface area contributed by atoms with Gasteiger partial charge >= 0.3 is 0 Å². The zero-order valence-electron chi connectivity index (χ0n) is 17.9. The van der Waals surface area contributed by atoms with Gasteiger partial charge in [-0.2, -0.15) is 5.26 Å². The van der Waals surface area contributed by atoms with Crippen LogP contribution in [0.2, 0.25) is 0 Å². The maximum absolute atomic E-state index is 13.2. The summed E-state index contributed by atoms with van der Waals surface area (Å²) in [5.74, 6) is 0.116. The third kappa shape index (κ3) is 3.90. The Hall–Kier alpha value is -3.15. The monoisotopic (exact) mass is 462 g/mol. The molecule has 32 heavy (non-hydrogen) atoms. The van der Waals surface area contributed by atoms with Crippen molar-refractivity contribution >= 4 is 50.0 Å². The van der Waals surface area contributed by atoms with E-state index >= 15 is 0 Å². The molecule has 1 aromatic carbocycles. The van der Waals surface area contributed by atoms with Crippen LogP contribution in [0, 0.1) is 25.2 Å². The molecular weight excluding hydrogens is 440 g/mol. The average molecular weight is 463 g/mol. The topological polar surface area (TPSA) is 80.7 Å². The molecular formula is C24H22N4O2S2. The minimum atomic E-state index is -0.0974. The first-order valence-electron chi connectivity index (χ1n) is 10.2. The number of ketones is 1. The number of hydrogen-bond donors (Lipinski definition) is 0. The maximum Gasteiger partial charge on any atom is 0.263 e. The molecule has 162 valence electrons. The predicted molar refractivity (Wildman–Crippen MR) is 131 cm³/mol. The molecule has 4 rings (SSSR count). The Kier molecular flexibility index (Phi) is 6.31. The van der Waals surface area contributed by atoms with Crippen LogP contribution < -0.4 is 5.56 Å². The van der Waals surface area contributed by atoms with Crippen LogP contribution in [0.5, 0.6) is 0 Å². The van der Waals surface area contributed by atoms with Crippen LogP contribution in [0.25, 0.3) is 21.1 Å². The molecule has 0 aliphatic heterocycles. The molecule has 0 saturated heterocycles. The second kappa shape index (κ2) is 9.15. The van der Waals surface area contributed by atoms with Gasteiger partial charge in [-0.1, -0.05) is 36.0 Å². The molecule has 4 aromatic rings. The summed E-state index contributed by atoms with van der Waals surface area (Å²) in [4.78, 5) is 32.8. The molecule has 0 amide bonds. The van der Waals surface area contributed by atoms with Crippen LogP contribution in [0.3, 0.4) is 0 Å². The Morgan fingerprint density at radius 1 is 1.34 bits per heavy atom. The van der Waals surface area contributed by atoms with Crippen LogP contribution in [0.15, 0.2) is 53.1 Å². The van der Waals surface area contributed by atoms with Gasteiger partial charge in [-0.25, -0.2) is 4.98 Å². The van der Waals surface area contributed by atoms with Gasteiger partial charge in [0.2, 0.25) is 0 Å². The van der Waals surface area contributed by atoms with Gasteiger partial charge in [-0.05, 0) is 25.5 Å². The molecule has 0 radical (unpaired) electrons. The minimum absolute atomic E-state index is 0.0417.